The Hall–Kier alpha value is -3.07. The van der Waals surface area contributed by atoms with E-state index in [0.717, 1.165) is 18.2 Å². The summed E-state index contributed by atoms with van der Waals surface area (Å²) in [5.41, 5.74) is 0.248. The zero-order valence-electron chi connectivity index (χ0n) is 19.8. The molecule has 190 valence electrons. The molecule has 0 radical (unpaired) electrons. The molecule has 0 bridgehead atoms. The average Bonchev–Trinajstić information content (AvgIpc) is 3.29. The van der Waals surface area contributed by atoms with Crippen LogP contribution in [0.15, 0.2) is 48.7 Å². The lowest BCUT2D eigenvalue weighted by molar-refractivity contribution is -0.149. The molecule has 2 N–H and O–H groups in total. The number of hydrogen-bond acceptors (Lipinski definition) is 5. The van der Waals surface area contributed by atoms with Gasteiger partial charge in [-0.1, -0.05) is 23.8 Å². The smallest absolute Gasteiger partial charge is 0.310 e. The van der Waals surface area contributed by atoms with Crippen molar-refractivity contribution in [2.45, 2.75) is 25.4 Å². The molecule has 9 heteroatoms. The molecule has 2 heterocycles. The molecular weight excluding hydrogens is 490 g/mol. The lowest BCUT2D eigenvalue weighted by atomic mass is 9.81. The first kappa shape index (κ1) is 26.0. The van der Waals surface area contributed by atoms with E-state index in [2.05, 4.69) is 4.98 Å². The van der Waals surface area contributed by atoms with Crippen molar-refractivity contribution in [2.24, 2.45) is 5.41 Å². The van der Waals surface area contributed by atoms with Crippen molar-refractivity contribution in [3.05, 3.63) is 76.5 Å². The molecule has 6 nitrogen and oxygen atoms in total. The van der Waals surface area contributed by atoms with Gasteiger partial charge in [-0.15, -0.1) is 0 Å². The Morgan fingerprint density at radius 2 is 2.11 bits per heavy atom. The summed E-state index contributed by atoms with van der Waals surface area (Å²) in [4.78, 5) is 18.5. The number of aromatic nitrogens is 1. The normalized spacial score (nSPS) is 19.2. The molecule has 1 aliphatic heterocycles. The standard InChI is InChI=1S/C27H27ClF2N2O4/c1-36-19-5-7-23-20(14-19)25(21(28)15-31-23)24(33)8-9-27(26(34)35)10-12-32(16-27)11-2-3-17-13-18(29)4-6-22(17)30/h2-7,13-15,24,33H,8-12,16H2,1H3,(H,34,35)/b3-2+. The van der Waals surface area contributed by atoms with Crippen LogP contribution in [0.25, 0.3) is 17.0 Å². The fraction of sp³-hybridized carbons (Fsp3) is 0.333. The van der Waals surface area contributed by atoms with Gasteiger partial charge in [-0.2, -0.15) is 0 Å². The van der Waals surface area contributed by atoms with Crippen LogP contribution in [-0.2, 0) is 4.79 Å². The zero-order valence-corrected chi connectivity index (χ0v) is 20.5. The van der Waals surface area contributed by atoms with Crippen molar-refractivity contribution in [3.63, 3.8) is 0 Å². The maximum atomic E-state index is 13.8. The number of halogens is 3. The van der Waals surface area contributed by atoms with E-state index >= 15 is 0 Å². The number of fused-ring (bicyclic) bond motifs is 1. The predicted molar refractivity (Wildman–Crippen MR) is 134 cm³/mol. The largest absolute Gasteiger partial charge is 0.497 e. The number of ether oxygens (including phenoxy) is 1. The summed E-state index contributed by atoms with van der Waals surface area (Å²) in [7, 11) is 1.54. The van der Waals surface area contributed by atoms with Gasteiger partial charge in [0.1, 0.15) is 17.4 Å². The number of methoxy groups -OCH3 is 1. The van der Waals surface area contributed by atoms with Crippen molar-refractivity contribution in [1.82, 2.24) is 9.88 Å². The lowest BCUT2D eigenvalue weighted by Gasteiger charge is -2.26. The van der Waals surface area contributed by atoms with Crippen LogP contribution < -0.4 is 4.74 Å². The highest BCUT2D eigenvalue weighted by Crippen LogP contribution is 2.40. The van der Waals surface area contributed by atoms with Gasteiger partial charge in [0, 0.05) is 35.8 Å². The van der Waals surface area contributed by atoms with Crippen LogP contribution in [0.1, 0.15) is 36.5 Å². The number of pyridine rings is 1. The average molecular weight is 517 g/mol. The molecule has 0 saturated carbocycles. The van der Waals surface area contributed by atoms with E-state index in [1.165, 1.54) is 12.3 Å². The summed E-state index contributed by atoms with van der Waals surface area (Å²) in [5.74, 6) is -1.38. The molecular formula is C27H27ClF2N2O4. The number of carbonyl (C=O) groups is 1. The van der Waals surface area contributed by atoms with E-state index in [1.807, 2.05) is 4.90 Å². The Balaban J connectivity index is 1.45. The maximum Gasteiger partial charge on any atom is 0.310 e. The van der Waals surface area contributed by atoms with Gasteiger partial charge in [0.25, 0.3) is 0 Å². The molecule has 1 saturated heterocycles. The number of aliphatic hydroxyl groups excluding tert-OH is 1. The number of hydrogen-bond donors (Lipinski definition) is 2. The number of nitrogens with zero attached hydrogens (tertiary/aromatic N) is 2. The van der Waals surface area contributed by atoms with Gasteiger partial charge in [-0.25, -0.2) is 8.78 Å². The number of likely N-dealkylation sites (tertiary alicyclic amines) is 1. The number of benzene rings is 2. The summed E-state index contributed by atoms with van der Waals surface area (Å²) in [5, 5.41) is 22.1. The maximum absolute atomic E-state index is 13.8. The molecule has 36 heavy (non-hydrogen) atoms. The summed E-state index contributed by atoms with van der Waals surface area (Å²) < 4.78 is 32.5. The lowest BCUT2D eigenvalue weighted by Crippen LogP contribution is -2.35. The number of rotatable bonds is 9. The molecule has 0 spiro atoms. The molecule has 0 amide bonds. The van der Waals surface area contributed by atoms with Gasteiger partial charge in [0.05, 0.1) is 29.2 Å². The highest BCUT2D eigenvalue weighted by molar-refractivity contribution is 6.32. The van der Waals surface area contributed by atoms with Crippen molar-refractivity contribution >= 4 is 34.5 Å². The molecule has 1 aliphatic rings. The number of carboxylic acid groups (broad SMARTS) is 1. The van der Waals surface area contributed by atoms with Gasteiger partial charge in [0.2, 0.25) is 0 Å². The summed E-state index contributed by atoms with van der Waals surface area (Å²) >= 11 is 6.39. The zero-order chi connectivity index (χ0) is 25.9. The van der Waals surface area contributed by atoms with E-state index in [0.29, 0.717) is 46.7 Å². The topological polar surface area (TPSA) is 82.9 Å². The van der Waals surface area contributed by atoms with Gasteiger partial charge in [0.15, 0.2) is 0 Å². The molecule has 3 aromatic rings. The van der Waals surface area contributed by atoms with Crippen LogP contribution in [0.5, 0.6) is 5.75 Å². The first-order valence-corrected chi connectivity index (χ1v) is 12.0. The minimum atomic E-state index is -1.04. The Kier molecular flexibility index (Phi) is 7.88. The van der Waals surface area contributed by atoms with Crippen molar-refractivity contribution in [3.8, 4) is 5.75 Å². The SMILES string of the molecule is COc1ccc2ncc(Cl)c(C(O)CCC3(C(=O)O)CCN(C/C=C/c4cc(F)ccc4F)C3)c2c1. The van der Waals surface area contributed by atoms with Gasteiger partial charge in [-0.05, 0) is 62.2 Å². The third-order valence-electron chi connectivity index (χ3n) is 6.80. The second-order valence-corrected chi connectivity index (χ2v) is 9.50. The molecule has 1 fully saturated rings. The van der Waals surface area contributed by atoms with Crippen LogP contribution in [0.2, 0.25) is 5.02 Å². The third-order valence-corrected chi connectivity index (χ3v) is 7.10. The van der Waals surface area contributed by atoms with Crippen LogP contribution in [-0.4, -0.2) is 52.8 Å². The molecule has 2 unspecified atom stereocenters. The van der Waals surface area contributed by atoms with E-state index in [-0.39, 0.29) is 24.9 Å². The van der Waals surface area contributed by atoms with Crippen LogP contribution in [0.4, 0.5) is 8.78 Å². The van der Waals surface area contributed by atoms with Crippen LogP contribution in [0.3, 0.4) is 0 Å². The Morgan fingerprint density at radius 3 is 2.86 bits per heavy atom. The van der Waals surface area contributed by atoms with Crippen molar-refractivity contribution in [2.75, 3.05) is 26.7 Å². The minimum absolute atomic E-state index is 0.139. The second kappa shape index (κ2) is 10.9. The predicted octanol–water partition coefficient (Wildman–Crippen LogP) is 5.48. The fourth-order valence-electron chi connectivity index (χ4n) is 4.76. The Bertz CT molecular complexity index is 1300. The summed E-state index contributed by atoms with van der Waals surface area (Å²) in [6.07, 6.45) is 4.53. The highest BCUT2D eigenvalue weighted by Gasteiger charge is 2.44. The van der Waals surface area contributed by atoms with E-state index in [1.54, 1.807) is 31.4 Å². The van der Waals surface area contributed by atoms with E-state index in [9.17, 15) is 23.8 Å². The Labute approximate surface area is 212 Å². The molecule has 4 rings (SSSR count). The Morgan fingerprint density at radius 1 is 1.31 bits per heavy atom. The number of aliphatic carboxylic acids is 1. The van der Waals surface area contributed by atoms with E-state index < -0.39 is 29.1 Å². The summed E-state index contributed by atoms with van der Waals surface area (Å²) in [6, 6.07) is 8.54. The van der Waals surface area contributed by atoms with Crippen molar-refractivity contribution in [1.29, 1.82) is 0 Å². The van der Waals surface area contributed by atoms with Gasteiger partial charge in [-0.3, -0.25) is 14.7 Å². The fourth-order valence-corrected chi connectivity index (χ4v) is 5.04. The third kappa shape index (κ3) is 5.51. The molecule has 1 aromatic heterocycles. The quantitative estimate of drug-likeness (QED) is 0.392. The van der Waals surface area contributed by atoms with Crippen LogP contribution >= 0.6 is 11.6 Å². The first-order valence-electron chi connectivity index (χ1n) is 11.6. The first-order chi connectivity index (χ1) is 17.2. The van der Waals surface area contributed by atoms with Crippen LogP contribution in [0, 0.1) is 17.0 Å². The molecule has 0 aliphatic carbocycles. The van der Waals surface area contributed by atoms with E-state index in [4.69, 9.17) is 16.3 Å². The highest BCUT2D eigenvalue weighted by atomic mass is 35.5. The monoisotopic (exact) mass is 516 g/mol. The van der Waals surface area contributed by atoms with Gasteiger partial charge < -0.3 is 14.9 Å². The minimum Gasteiger partial charge on any atom is -0.497 e. The van der Waals surface area contributed by atoms with Gasteiger partial charge >= 0.3 is 5.97 Å². The molecule has 2 atom stereocenters. The number of aliphatic hydroxyl groups is 1. The molecule has 2 aromatic carbocycles. The number of carboxylic acids is 1. The summed E-state index contributed by atoms with van der Waals surface area (Å²) in [6.45, 7) is 1.21. The van der Waals surface area contributed by atoms with Crippen molar-refractivity contribution < 1.29 is 28.5 Å². The second-order valence-electron chi connectivity index (χ2n) is 9.10.